The number of nitrogens with one attached hydrogen (secondary N) is 1. The maximum Gasteiger partial charge on any atom is 0.0700 e. The highest BCUT2D eigenvalue weighted by Crippen LogP contribution is 1.78. The van der Waals surface area contributed by atoms with Crippen molar-refractivity contribution in [2.75, 3.05) is 53.2 Å². The van der Waals surface area contributed by atoms with Gasteiger partial charge >= 0.3 is 0 Å². The standard InChI is InChI=1S/C10H23NO3/c1-3-6-13-7-4-11-5-8-14-10-9-12-2/h11H,3-10H2,1-2H3. The van der Waals surface area contributed by atoms with E-state index >= 15 is 0 Å². The van der Waals surface area contributed by atoms with Crippen LogP contribution in [-0.4, -0.2) is 53.2 Å². The zero-order valence-electron chi connectivity index (χ0n) is 9.38. The van der Waals surface area contributed by atoms with Gasteiger partial charge in [-0.3, -0.25) is 0 Å². The quantitative estimate of drug-likeness (QED) is 0.503. The molecule has 0 bridgehead atoms. The highest BCUT2D eigenvalue weighted by molar-refractivity contribution is 4.44. The Morgan fingerprint density at radius 2 is 1.50 bits per heavy atom. The van der Waals surface area contributed by atoms with E-state index in [9.17, 15) is 0 Å². The second-order valence-corrected chi connectivity index (χ2v) is 2.97. The average molecular weight is 205 g/mol. The van der Waals surface area contributed by atoms with Crippen LogP contribution in [0.1, 0.15) is 13.3 Å². The van der Waals surface area contributed by atoms with E-state index in [1.165, 1.54) is 0 Å². The third-order valence-corrected chi connectivity index (χ3v) is 1.63. The van der Waals surface area contributed by atoms with Crippen LogP contribution in [0, 0.1) is 0 Å². The monoisotopic (exact) mass is 205 g/mol. The molecular weight excluding hydrogens is 182 g/mol. The van der Waals surface area contributed by atoms with E-state index in [1.54, 1.807) is 7.11 Å². The average Bonchev–Trinajstić information content (AvgIpc) is 2.21. The van der Waals surface area contributed by atoms with Gasteiger partial charge in [-0.2, -0.15) is 0 Å². The molecule has 0 rings (SSSR count). The van der Waals surface area contributed by atoms with E-state index in [-0.39, 0.29) is 0 Å². The van der Waals surface area contributed by atoms with Gasteiger partial charge in [0.2, 0.25) is 0 Å². The van der Waals surface area contributed by atoms with Crippen molar-refractivity contribution < 1.29 is 14.2 Å². The smallest absolute Gasteiger partial charge is 0.0700 e. The van der Waals surface area contributed by atoms with Crippen LogP contribution in [0.2, 0.25) is 0 Å². The van der Waals surface area contributed by atoms with Crippen molar-refractivity contribution >= 4 is 0 Å². The zero-order chi connectivity index (χ0) is 10.5. The lowest BCUT2D eigenvalue weighted by molar-refractivity contribution is 0.0705. The third kappa shape index (κ3) is 11.8. The Bertz CT molecular complexity index is 89.4. The van der Waals surface area contributed by atoms with Gasteiger partial charge in [0.1, 0.15) is 0 Å². The minimum Gasteiger partial charge on any atom is -0.382 e. The summed E-state index contributed by atoms with van der Waals surface area (Å²) in [4.78, 5) is 0. The molecule has 0 saturated heterocycles. The van der Waals surface area contributed by atoms with Crippen LogP contribution in [0.25, 0.3) is 0 Å². The first-order chi connectivity index (χ1) is 6.91. The molecule has 0 aromatic heterocycles. The molecule has 0 heterocycles. The van der Waals surface area contributed by atoms with Gasteiger partial charge < -0.3 is 19.5 Å². The molecule has 0 aliphatic carbocycles. The highest BCUT2D eigenvalue weighted by Gasteiger charge is 1.89. The predicted octanol–water partition coefficient (Wildman–Crippen LogP) is 0.666. The van der Waals surface area contributed by atoms with Crippen molar-refractivity contribution in [3.05, 3.63) is 0 Å². The van der Waals surface area contributed by atoms with Crippen LogP contribution < -0.4 is 5.32 Å². The fraction of sp³-hybridized carbons (Fsp3) is 1.00. The Morgan fingerprint density at radius 3 is 2.07 bits per heavy atom. The number of rotatable bonds is 11. The van der Waals surface area contributed by atoms with E-state index in [4.69, 9.17) is 14.2 Å². The van der Waals surface area contributed by atoms with E-state index in [0.29, 0.717) is 13.2 Å². The summed E-state index contributed by atoms with van der Waals surface area (Å²) in [6.07, 6.45) is 1.08. The van der Waals surface area contributed by atoms with Gasteiger partial charge in [0, 0.05) is 26.8 Å². The Balaban J connectivity index is 2.78. The van der Waals surface area contributed by atoms with Gasteiger partial charge in [0.05, 0.1) is 26.4 Å². The molecule has 0 saturated carbocycles. The molecule has 0 atom stereocenters. The summed E-state index contributed by atoms with van der Waals surface area (Å²) in [5.41, 5.74) is 0. The number of hydrogen-bond donors (Lipinski definition) is 1. The Hall–Kier alpha value is -0.160. The van der Waals surface area contributed by atoms with Crippen molar-refractivity contribution in [1.29, 1.82) is 0 Å². The van der Waals surface area contributed by atoms with Crippen molar-refractivity contribution in [3.8, 4) is 0 Å². The van der Waals surface area contributed by atoms with Gasteiger partial charge in [-0.05, 0) is 6.42 Å². The summed E-state index contributed by atoms with van der Waals surface area (Å²) in [6.45, 7) is 7.59. The molecule has 86 valence electrons. The van der Waals surface area contributed by atoms with Gasteiger partial charge in [-0.1, -0.05) is 6.92 Å². The molecule has 0 unspecified atom stereocenters. The van der Waals surface area contributed by atoms with E-state index < -0.39 is 0 Å². The highest BCUT2D eigenvalue weighted by atomic mass is 16.5. The lowest BCUT2D eigenvalue weighted by Crippen LogP contribution is -2.24. The summed E-state index contributed by atoms with van der Waals surface area (Å²) < 4.78 is 15.4. The number of ether oxygens (including phenoxy) is 3. The molecule has 0 spiro atoms. The van der Waals surface area contributed by atoms with Crippen molar-refractivity contribution in [2.24, 2.45) is 0 Å². The molecular formula is C10H23NO3. The van der Waals surface area contributed by atoms with Crippen molar-refractivity contribution in [2.45, 2.75) is 13.3 Å². The fourth-order valence-electron chi connectivity index (χ4n) is 0.904. The fourth-order valence-corrected chi connectivity index (χ4v) is 0.904. The maximum atomic E-state index is 5.30. The molecule has 0 radical (unpaired) electrons. The lowest BCUT2D eigenvalue weighted by Gasteiger charge is -2.06. The lowest BCUT2D eigenvalue weighted by atomic mass is 10.5. The van der Waals surface area contributed by atoms with Crippen molar-refractivity contribution in [3.63, 3.8) is 0 Å². The topological polar surface area (TPSA) is 39.7 Å². The summed E-state index contributed by atoms with van der Waals surface area (Å²) in [5, 5.41) is 3.23. The van der Waals surface area contributed by atoms with Gasteiger partial charge in [-0.15, -0.1) is 0 Å². The maximum absolute atomic E-state index is 5.30. The largest absolute Gasteiger partial charge is 0.382 e. The molecule has 0 aromatic carbocycles. The van der Waals surface area contributed by atoms with Crippen LogP contribution in [0.3, 0.4) is 0 Å². The molecule has 0 aromatic rings. The molecule has 4 heteroatoms. The Kier molecular flexibility index (Phi) is 12.7. The molecule has 0 aliphatic heterocycles. The molecule has 14 heavy (non-hydrogen) atoms. The first-order valence-corrected chi connectivity index (χ1v) is 5.27. The van der Waals surface area contributed by atoms with Crippen LogP contribution in [0.5, 0.6) is 0 Å². The molecule has 4 nitrogen and oxygen atoms in total. The summed E-state index contributed by atoms with van der Waals surface area (Å²) in [7, 11) is 1.67. The SMILES string of the molecule is CCCOCCNCCOCCOC. The molecule has 0 fully saturated rings. The predicted molar refractivity (Wildman–Crippen MR) is 56.7 cm³/mol. The molecule has 0 amide bonds. The summed E-state index contributed by atoms with van der Waals surface area (Å²) >= 11 is 0. The van der Waals surface area contributed by atoms with Gasteiger partial charge in [0.25, 0.3) is 0 Å². The normalized spacial score (nSPS) is 10.7. The second kappa shape index (κ2) is 12.8. The van der Waals surface area contributed by atoms with E-state index in [1.807, 2.05) is 0 Å². The van der Waals surface area contributed by atoms with Gasteiger partial charge in [0.15, 0.2) is 0 Å². The minimum absolute atomic E-state index is 0.666. The van der Waals surface area contributed by atoms with Crippen LogP contribution in [0.4, 0.5) is 0 Å². The number of hydrogen-bond acceptors (Lipinski definition) is 4. The first kappa shape index (κ1) is 13.8. The third-order valence-electron chi connectivity index (χ3n) is 1.63. The van der Waals surface area contributed by atoms with E-state index in [2.05, 4.69) is 12.2 Å². The van der Waals surface area contributed by atoms with Gasteiger partial charge in [-0.25, -0.2) is 0 Å². The minimum atomic E-state index is 0.666. The zero-order valence-corrected chi connectivity index (χ0v) is 9.38. The molecule has 0 aliphatic rings. The van der Waals surface area contributed by atoms with E-state index in [0.717, 1.165) is 39.3 Å². The Labute approximate surface area is 86.9 Å². The summed E-state index contributed by atoms with van der Waals surface area (Å²) in [5.74, 6) is 0. The van der Waals surface area contributed by atoms with Crippen LogP contribution in [0.15, 0.2) is 0 Å². The Morgan fingerprint density at radius 1 is 0.857 bits per heavy atom. The van der Waals surface area contributed by atoms with Crippen molar-refractivity contribution in [1.82, 2.24) is 5.32 Å². The first-order valence-electron chi connectivity index (χ1n) is 5.27. The van der Waals surface area contributed by atoms with Crippen LogP contribution >= 0.6 is 0 Å². The number of methoxy groups -OCH3 is 1. The van der Waals surface area contributed by atoms with Crippen LogP contribution in [-0.2, 0) is 14.2 Å². The molecule has 1 N–H and O–H groups in total. The second-order valence-electron chi connectivity index (χ2n) is 2.97. The summed E-state index contributed by atoms with van der Waals surface area (Å²) in [6, 6.07) is 0.